The van der Waals surface area contributed by atoms with Gasteiger partial charge in [0.25, 0.3) is 10.2 Å². The molecule has 5 nitrogen and oxygen atoms in total. The van der Waals surface area contributed by atoms with Crippen LogP contribution in [0.25, 0.3) is 0 Å². The van der Waals surface area contributed by atoms with Gasteiger partial charge in [-0.1, -0.05) is 46.3 Å². The summed E-state index contributed by atoms with van der Waals surface area (Å²) in [6, 6.07) is 15.8. The zero-order chi connectivity index (χ0) is 18.0. The summed E-state index contributed by atoms with van der Waals surface area (Å²) in [6.07, 6.45) is 0.663. The smallest absolute Gasteiger partial charge is 0.282 e. The van der Waals surface area contributed by atoms with Gasteiger partial charge in [-0.05, 0) is 35.7 Å². The second kappa shape index (κ2) is 7.45. The molecule has 0 saturated carbocycles. The van der Waals surface area contributed by atoms with Crippen LogP contribution < -0.4 is 5.32 Å². The highest BCUT2D eigenvalue weighted by atomic mass is 79.9. The number of benzene rings is 2. The van der Waals surface area contributed by atoms with Gasteiger partial charge in [0.1, 0.15) is 0 Å². The molecule has 1 atom stereocenters. The van der Waals surface area contributed by atoms with E-state index in [4.69, 9.17) is 0 Å². The van der Waals surface area contributed by atoms with Crippen LogP contribution in [0.1, 0.15) is 11.1 Å². The Morgan fingerprint density at radius 3 is 2.60 bits per heavy atom. The number of hydrogen-bond donors (Lipinski definition) is 1. The van der Waals surface area contributed by atoms with Gasteiger partial charge in [0, 0.05) is 43.4 Å². The predicted octanol–water partition coefficient (Wildman–Crippen LogP) is 3.09. The highest BCUT2D eigenvalue weighted by molar-refractivity contribution is 9.10. The normalized spacial score (nSPS) is 18.5. The lowest BCUT2D eigenvalue weighted by Crippen LogP contribution is -2.48. The maximum Gasteiger partial charge on any atom is 0.282 e. The lowest BCUT2D eigenvalue weighted by molar-refractivity contribution is 0.304. The first-order valence-corrected chi connectivity index (χ1v) is 10.3. The van der Waals surface area contributed by atoms with Crippen molar-refractivity contribution >= 4 is 31.8 Å². The number of halogens is 1. The molecule has 1 unspecified atom stereocenters. The van der Waals surface area contributed by atoms with Crippen molar-refractivity contribution in [2.45, 2.75) is 19.0 Å². The molecule has 0 amide bonds. The van der Waals surface area contributed by atoms with Gasteiger partial charge >= 0.3 is 0 Å². The average Bonchev–Trinajstić information content (AvgIpc) is 2.75. The van der Waals surface area contributed by atoms with Crippen LogP contribution in [-0.2, 0) is 23.2 Å². The molecule has 2 aromatic rings. The van der Waals surface area contributed by atoms with E-state index in [1.54, 1.807) is 18.4 Å². The van der Waals surface area contributed by atoms with Gasteiger partial charge in [0.2, 0.25) is 0 Å². The summed E-state index contributed by atoms with van der Waals surface area (Å²) >= 11 is 3.48. The fourth-order valence-electron chi connectivity index (χ4n) is 3.03. The second-order valence-electron chi connectivity index (χ2n) is 6.36. The van der Waals surface area contributed by atoms with Crippen LogP contribution in [-0.4, -0.2) is 43.7 Å². The molecule has 0 bridgehead atoms. The summed E-state index contributed by atoms with van der Waals surface area (Å²) in [4.78, 5) is 0. The van der Waals surface area contributed by atoms with Gasteiger partial charge < -0.3 is 5.32 Å². The van der Waals surface area contributed by atoms with E-state index in [1.807, 2.05) is 48.5 Å². The highest BCUT2D eigenvalue weighted by Crippen LogP contribution is 2.29. The van der Waals surface area contributed by atoms with E-state index >= 15 is 0 Å². The third-order valence-corrected chi connectivity index (χ3v) is 6.84. The molecule has 1 aliphatic rings. The standard InChI is InChI=1S/C18H22BrN3O2S/c1-21(2)25(23,24)22-13-15-11-16(19)8-9-18(15)20-12-17(22)10-14-6-4-3-5-7-14/h3-9,11,17,20H,10,12-13H2,1-2H3. The minimum Gasteiger partial charge on any atom is -0.383 e. The van der Waals surface area contributed by atoms with Crippen LogP contribution in [0, 0.1) is 0 Å². The molecule has 0 saturated heterocycles. The maximum absolute atomic E-state index is 12.9. The van der Waals surface area contributed by atoms with Crippen molar-refractivity contribution in [2.75, 3.05) is 26.0 Å². The Morgan fingerprint density at radius 2 is 1.92 bits per heavy atom. The van der Waals surface area contributed by atoms with Gasteiger partial charge in [-0.25, -0.2) is 0 Å². The van der Waals surface area contributed by atoms with E-state index < -0.39 is 10.2 Å². The second-order valence-corrected chi connectivity index (χ2v) is 9.37. The molecule has 3 rings (SSSR count). The Hall–Kier alpha value is -1.41. The highest BCUT2D eigenvalue weighted by Gasteiger charge is 2.34. The molecule has 0 fully saturated rings. The average molecular weight is 424 g/mol. The first-order chi connectivity index (χ1) is 11.9. The first kappa shape index (κ1) is 18.4. The van der Waals surface area contributed by atoms with E-state index in [1.165, 1.54) is 4.31 Å². The van der Waals surface area contributed by atoms with Crippen molar-refractivity contribution in [1.29, 1.82) is 0 Å². The number of hydrogen-bond acceptors (Lipinski definition) is 3. The van der Waals surface area contributed by atoms with Gasteiger partial charge in [0.15, 0.2) is 0 Å². The van der Waals surface area contributed by atoms with Crippen LogP contribution in [0.15, 0.2) is 53.0 Å². The minimum absolute atomic E-state index is 0.166. The lowest BCUT2D eigenvalue weighted by Gasteiger charge is -2.31. The van der Waals surface area contributed by atoms with Crippen molar-refractivity contribution in [3.8, 4) is 0 Å². The Morgan fingerprint density at radius 1 is 1.20 bits per heavy atom. The van der Waals surface area contributed by atoms with E-state index in [-0.39, 0.29) is 6.04 Å². The molecule has 2 aromatic carbocycles. The van der Waals surface area contributed by atoms with Crippen molar-refractivity contribution < 1.29 is 8.42 Å². The molecule has 0 spiro atoms. The number of fused-ring (bicyclic) bond motifs is 1. The van der Waals surface area contributed by atoms with E-state index in [2.05, 4.69) is 21.2 Å². The third-order valence-electron chi connectivity index (χ3n) is 4.40. The molecule has 7 heteroatoms. The number of rotatable bonds is 4. The molecule has 134 valence electrons. The largest absolute Gasteiger partial charge is 0.383 e. The van der Waals surface area contributed by atoms with Gasteiger partial charge in [-0.2, -0.15) is 17.0 Å². The molecular formula is C18H22BrN3O2S. The van der Waals surface area contributed by atoms with E-state index in [0.717, 1.165) is 21.3 Å². The SMILES string of the molecule is CN(C)S(=O)(=O)N1Cc2cc(Br)ccc2NCC1Cc1ccccc1. The van der Waals surface area contributed by atoms with Crippen molar-refractivity contribution in [3.05, 3.63) is 64.1 Å². The van der Waals surface area contributed by atoms with Crippen LogP contribution in [0.2, 0.25) is 0 Å². The summed E-state index contributed by atoms with van der Waals surface area (Å²) in [6.45, 7) is 0.913. The Kier molecular flexibility index (Phi) is 5.48. The van der Waals surface area contributed by atoms with Crippen LogP contribution in [0.5, 0.6) is 0 Å². The molecule has 0 aromatic heterocycles. The third kappa shape index (κ3) is 4.06. The Labute approximate surface area is 158 Å². The van der Waals surface area contributed by atoms with Gasteiger partial charge in [-0.3, -0.25) is 0 Å². The maximum atomic E-state index is 12.9. The molecule has 0 radical (unpaired) electrons. The monoisotopic (exact) mass is 423 g/mol. The molecule has 1 heterocycles. The quantitative estimate of drug-likeness (QED) is 0.821. The van der Waals surface area contributed by atoms with Crippen molar-refractivity contribution in [2.24, 2.45) is 0 Å². The van der Waals surface area contributed by atoms with Gasteiger partial charge in [-0.15, -0.1) is 0 Å². The predicted molar refractivity (Wildman–Crippen MR) is 105 cm³/mol. The van der Waals surface area contributed by atoms with E-state index in [9.17, 15) is 8.42 Å². The summed E-state index contributed by atoms with van der Waals surface area (Å²) < 4.78 is 29.7. The Balaban J connectivity index is 1.98. The van der Waals surface area contributed by atoms with Crippen molar-refractivity contribution in [1.82, 2.24) is 8.61 Å². The summed E-state index contributed by atoms with van der Waals surface area (Å²) in [7, 11) is -0.380. The summed E-state index contributed by atoms with van der Waals surface area (Å²) in [5.74, 6) is 0. The topological polar surface area (TPSA) is 52.7 Å². The zero-order valence-corrected chi connectivity index (χ0v) is 16.7. The molecule has 1 N–H and O–H groups in total. The fraction of sp³-hybridized carbons (Fsp3) is 0.333. The number of nitrogens with zero attached hydrogens (tertiary/aromatic N) is 2. The van der Waals surface area contributed by atoms with Crippen LogP contribution in [0.4, 0.5) is 5.69 Å². The number of anilines is 1. The molecule has 25 heavy (non-hydrogen) atoms. The molecule has 0 aliphatic carbocycles. The summed E-state index contributed by atoms with van der Waals surface area (Å²) in [5.41, 5.74) is 3.08. The molecule has 1 aliphatic heterocycles. The lowest BCUT2D eigenvalue weighted by atomic mass is 10.1. The van der Waals surface area contributed by atoms with Crippen LogP contribution >= 0.6 is 15.9 Å². The van der Waals surface area contributed by atoms with Crippen LogP contribution in [0.3, 0.4) is 0 Å². The van der Waals surface area contributed by atoms with E-state index in [0.29, 0.717) is 19.5 Å². The fourth-order valence-corrected chi connectivity index (χ4v) is 4.69. The Bertz CT molecular complexity index is 841. The minimum atomic E-state index is -3.54. The van der Waals surface area contributed by atoms with Gasteiger partial charge in [0.05, 0.1) is 0 Å². The zero-order valence-electron chi connectivity index (χ0n) is 14.3. The number of nitrogens with one attached hydrogen (secondary N) is 1. The molecular weight excluding hydrogens is 402 g/mol. The summed E-state index contributed by atoms with van der Waals surface area (Å²) in [5, 5.41) is 3.42. The first-order valence-electron chi connectivity index (χ1n) is 8.13. The van der Waals surface area contributed by atoms with Crippen molar-refractivity contribution in [3.63, 3.8) is 0 Å².